The van der Waals surface area contributed by atoms with Crippen molar-refractivity contribution in [2.75, 3.05) is 18.7 Å². The molecular formula is C16H24N6+2. The van der Waals surface area contributed by atoms with Gasteiger partial charge in [-0.1, -0.05) is 12.1 Å². The molecule has 3 rings (SSSR count). The smallest absolute Gasteiger partial charge is 0.275 e. The molecule has 22 heavy (non-hydrogen) atoms. The molecule has 0 saturated carbocycles. The molecule has 6 heteroatoms. The highest BCUT2D eigenvalue weighted by Crippen LogP contribution is 2.18. The number of quaternary nitrogens is 1. The molecule has 1 aromatic carbocycles. The Balaban J connectivity index is 1.83. The Morgan fingerprint density at radius 1 is 1.27 bits per heavy atom. The van der Waals surface area contributed by atoms with E-state index in [9.17, 15) is 0 Å². The Morgan fingerprint density at radius 2 is 2.09 bits per heavy atom. The lowest BCUT2D eigenvalue weighted by Crippen LogP contribution is -3.26. The maximum Gasteiger partial charge on any atom is 0.359 e. The average Bonchev–Trinajstić information content (AvgIpc) is 2.47. The summed E-state index contributed by atoms with van der Waals surface area (Å²) in [6, 6.07) is 6.85. The van der Waals surface area contributed by atoms with Gasteiger partial charge in [-0.2, -0.15) is 4.98 Å². The molecule has 0 spiro atoms. The minimum Gasteiger partial charge on any atom is -0.275 e. The lowest BCUT2D eigenvalue weighted by molar-refractivity contribution is -0.997. The summed E-state index contributed by atoms with van der Waals surface area (Å²) in [4.78, 5) is 14.0. The molecule has 116 valence electrons. The number of nitrogens with one attached hydrogen (secondary N) is 4. The van der Waals surface area contributed by atoms with Gasteiger partial charge < -0.3 is 0 Å². The Labute approximate surface area is 130 Å². The van der Waals surface area contributed by atoms with Crippen LogP contribution in [0.2, 0.25) is 0 Å². The number of hydrogen-bond donors (Lipinski definition) is 4. The molecule has 0 bridgehead atoms. The van der Waals surface area contributed by atoms with Crippen LogP contribution in [0.25, 0.3) is 10.9 Å². The van der Waals surface area contributed by atoms with E-state index in [0.717, 1.165) is 35.9 Å². The molecule has 6 nitrogen and oxygen atoms in total. The second kappa shape index (κ2) is 5.88. The first kappa shape index (κ1) is 14.7. The normalized spacial score (nSPS) is 18.2. The Morgan fingerprint density at radius 3 is 2.77 bits per heavy atom. The average molecular weight is 300 g/mol. The number of aryl methyl sites for hydroxylation is 2. The Bertz CT molecular complexity index is 722. The number of benzene rings is 1. The second-order valence-electron chi connectivity index (χ2n) is 6.17. The summed E-state index contributed by atoms with van der Waals surface area (Å²) in [5.74, 6) is 1.49. The van der Waals surface area contributed by atoms with Crippen LogP contribution < -0.4 is 20.5 Å². The minimum absolute atomic E-state index is 0.587. The van der Waals surface area contributed by atoms with Crippen molar-refractivity contribution >= 4 is 22.8 Å². The predicted molar refractivity (Wildman–Crippen MR) is 87.6 cm³/mol. The number of nitrogens with zero attached hydrogens (tertiary/aromatic N) is 2. The van der Waals surface area contributed by atoms with Crippen LogP contribution in [0.3, 0.4) is 0 Å². The molecule has 1 aliphatic rings. The summed E-state index contributed by atoms with van der Waals surface area (Å²) >= 11 is 0. The van der Waals surface area contributed by atoms with Crippen molar-refractivity contribution in [2.24, 2.45) is 0 Å². The van der Waals surface area contributed by atoms with E-state index in [4.69, 9.17) is 0 Å². The van der Waals surface area contributed by atoms with Gasteiger partial charge in [0.05, 0.1) is 17.3 Å². The van der Waals surface area contributed by atoms with Gasteiger partial charge in [0.25, 0.3) is 5.95 Å². The van der Waals surface area contributed by atoms with Crippen molar-refractivity contribution in [2.45, 2.75) is 33.7 Å². The van der Waals surface area contributed by atoms with Crippen molar-refractivity contribution in [1.29, 1.82) is 0 Å². The molecular weight excluding hydrogens is 276 g/mol. The number of guanidine groups is 1. The zero-order valence-corrected chi connectivity index (χ0v) is 13.6. The molecule has 0 fully saturated rings. The molecule has 1 atom stereocenters. The van der Waals surface area contributed by atoms with Crippen LogP contribution >= 0.6 is 0 Å². The van der Waals surface area contributed by atoms with Crippen molar-refractivity contribution in [3.05, 3.63) is 29.5 Å². The monoisotopic (exact) mass is 300 g/mol. The third-order valence-corrected chi connectivity index (χ3v) is 4.08. The van der Waals surface area contributed by atoms with Crippen LogP contribution in [0.4, 0.5) is 5.95 Å². The van der Waals surface area contributed by atoms with Crippen LogP contribution in [0, 0.1) is 13.8 Å². The highest BCUT2D eigenvalue weighted by atomic mass is 15.4. The third kappa shape index (κ3) is 3.01. The van der Waals surface area contributed by atoms with E-state index in [1.165, 1.54) is 10.5 Å². The van der Waals surface area contributed by atoms with E-state index in [2.05, 4.69) is 64.6 Å². The number of hydrogen-bond acceptors (Lipinski definition) is 4. The van der Waals surface area contributed by atoms with E-state index in [0.29, 0.717) is 12.0 Å². The SMILES string of the molecule is Cc1ccc2c(C)nc(NC3=[NH+]C[NH+](C(C)C)CN3)nc2c1. The first-order valence-corrected chi connectivity index (χ1v) is 7.74. The fraction of sp³-hybridized carbons (Fsp3) is 0.438. The van der Waals surface area contributed by atoms with Gasteiger partial charge in [0.2, 0.25) is 0 Å². The summed E-state index contributed by atoms with van der Waals surface area (Å²) < 4.78 is 0. The Kier molecular flexibility index (Phi) is 3.94. The second-order valence-corrected chi connectivity index (χ2v) is 6.17. The number of aromatic nitrogens is 2. The third-order valence-electron chi connectivity index (χ3n) is 4.08. The lowest BCUT2D eigenvalue weighted by Gasteiger charge is -2.23. The largest absolute Gasteiger partial charge is 0.359 e. The fourth-order valence-corrected chi connectivity index (χ4v) is 2.59. The summed E-state index contributed by atoms with van der Waals surface area (Å²) in [5, 5.41) is 7.71. The topological polar surface area (TPSA) is 68.2 Å². The molecule has 0 amide bonds. The molecule has 2 aromatic rings. The van der Waals surface area contributed by atoms with Gasteiger partial charge >= 0.3 is 5.96 Å². The fourth-order valence-electron chi connectivity index (χ4n) is 2.59. The number of rotatable bonds is 2. The first-order valence-electron chi connectivity index (χ1n) is 7.74. The van der Waals surface area contributed by atoms with E-state index >= 15 is 0 Å². The highest BCUT2D eigenvalue weighted by molar-refractivity contribution is 5.89. The molecule has 0 aliphatic carbocycles. The number of fused-ring (bicyclic) bond motifs is 1. The van der Waals surface area contributed by atoms with Crippen LogP contribution in [-0.4, -0.2) is 35.3 Å². The molecule has 4 N–H and O–H groups in total. The molecule has 2 heterocycles. The Hall–Kier alpha value is -2.21. The van der Waals surface area contributed by atoms with Crippen molar-refractivity contribution in [1.82, 2.24) is 15.3 Å². The van der Waals surface area contributed by atoms with E-state index in [1.54, 1.807) is 0 Å². The van der Waals surface area contributed by atoms with Gasteiger partial charge in [0.15, 0.2) is 13.3 Å². The molecule has 0 radical (unpaired) electrons. The molecule has 0 saturated heterocycles. The van der Waals surface area contributed by atoms with Crippen molar-refractivity contribution < 1.29 is 9.89 Å². The van der Waals surface area contributed by atoms with E-state index < -0.39 is 0 Å². The summed E-state index contributed by atoms with van der Waals surface area (Å²) in [6.07, 6.45) is 0. The van der Waals surface area contributed by atoms with Gasteiger partial charge in [0.1, 0.15) is 0 Å². The van der Waals surface area contributed by atoms with E-state index in [-0.39, 0.29) is 0 Å². The predicted octanol–water partition coefficient (Wildman–Crippen LogP) is -1.09. The molecule has 1 unspecified atom stereocenters. The standard InChI is InChI=1S/C16H22N6/c1-10(2)22-8-17-15(18-9-22)21-16-19-12(4)13-6-5-11(3)7-14(13)20-16/h5-7,10H,8-9H2,1-4H3,(H2,17,18,19,20,21)/p+2. The zero-order valence-electron chi connectivity index (χ0n) is 13.6. The van der Waals surface area contributed by atoms with Crippen LogP contribution in [0.15, 0.2) is 18.2 Å². The molecule has 1 aliphatic heterocycles. The zero-order chi connectivity index (χ0) is 15.7. The van der Waals surface area contributed by atoms with Crippen molar-refractivity contribution in [3.63, 3.8) is 0 Å². The summed E-state index contributed by atoms with van der Waals surface area (Å²) in [6.45, 7) is 10.3. The van der Waals surface area contributed by atoms with Crippen LogP contribution in [0.1, 0.15) is 25.1 Å². The van der Waals surface area contributed by atoms with Crippen LogP contribution in [0.5, 0.6) is 0 Å². The van der Waals surface area contributed by atoms with Crippen LogP contribution in [-0.2, 0) is 0 Å². The number of anilines is 1. The summed E-state index contributed by atoms with van der Waals surface area (Å²) in [5.41, 5.74) is 3.16. The van der Waals surface area contributed by atoms with Gasteiger partial charge in [-0.05, 0) is 39.3 Å². The van der Waals surface area contributed by atoms with Crippen molar-refractivity contribution in [3.8, 4) is 0 Å². The summed E-state index contributed by atoms with van der Waals surface area (Å²) in [7, 11) is 0. The molecule has 1 aromatic heterocycles. The quantitative estimate of drug-likeness (QED) is 0.569. The first-order chi connectivity index (χ1) is 10.5. The van der Waals surface area contributed by atoms with Gasteiger partial charge in [-0.25, -0.2) is 20.6 Å². The minimum atomic E-state index is 0.587. The lowest BCUT2D eigenvalue weighted by atomic mass is 10.1. The maximum atomic E-state index is 4.62. The highest BCUT2D eigenvalue weighted by Gasteiger charge is 2.22. The van der Waals surface area contributed by atoms with Gasteiger partial charge in [-0.3, -0.25) is 4.90 Å². The maximum absolute atomic E-state index is 4.62. The van der Waals surface area contributed by atoms with Gasteiger partial charge in [-0.15, -0.1) is 0 Å². The van der Waals surface area contributed by atoms with Gasteiger partial charge in [0, 0.05) is 5.39 Å². The van der Waals surface area contributed by atoms with E-state index in [1.807, 2.05) is 6.92 Å².